The first-order valence-electron chi connectivity index (χ1n) is 7.47. The second-order valence-corrected chi connectivity index (χ2v) is 6.11. The third kappa shape index (κ3) is 4.45. The number of amides is 2. The normalized spacial score (nSPS) is 19.6. The maximum absolute atomic E-state index is 12.2. The molecule has 0 radical (unpaired) electrons. The number of rotatable bonds is 4. The van der Waals surface area contributed by atoms with Crippen molar-refractivity contribution in [2.24, 2.45) is 5.92 Å². The Balaban J connectivity index is 1.86. The van der Waals surface area contributed by atoms with Crippen molar-refractivity contribution in [1.82, 2.24) is 10.2 Å². The molecule has 1 aliphatic heterocycles. The highest BCUT2D eigenvalue weighted by molar-refractivity contribution is 6.30. The second kappa shape index (κ2) is 7.61. The number of piperidine rings is 1. The van der Waals surface area contributed by atoms with E-state index in [4.69, 9.17) is 11.6 Å². The lowest BCUT2D eigenvalue weighted by atomic mass is 9.93. The Morgan fingerprint density at radius 2 is 2.27 bits per heavy atom. The first-order chi connectivity index (χ1) is 10.5. The highest BCUT2D eigenvalue weighted by Crippen LogP contribution is 2.19. The summed E-state index contributed by atoms with van der Waals surface area (Å²) in [6.45, 7) is 2.93. The summed E-state index contributed by atoms with van der Waals surface area (Å²) in [7, 11) is 0. The van der Waals surface area contributed by atoms with Crippen LogP contribution in [0.15, 0.2) is 24.3 Å². The summed E-state index contributed by atoms with van der Waals surface area (Å²) in [5.74, 6) is -0.331. The van der Waals surface area contributed by atoms with Gasteiger partial charge in [0, 0.05) is 29.6 Å². The number of nitrogens with zero attached hydrogens (tertiary/aromatic N) is 1. The summed E-state index contributed by atoms with van der Waals surface area (Å²) in [4.78, 5) is 25.9. The molecule has 2 atom stereocenters. The molecule has 2 unspecified atom stereocenters. The van der Waals surface area contributed by atoms with Gasteiger partial charge in [-0.2, -0.15) is 0 Å². The Bertz CT molecular complexity index is 548. The smallest absolute Gasteiger partial charge is 0.251 e. The van der Waals surface area contributed by atoms with Crippen molar-refractivity contribution >= 4 is 23.4 Å². The van der Waals surface area contributed by atoms with Gasteiger partial charge < -0.3 is 15.3 Å². The van der Waals surface area contributed by atoms with Gasteiger partial charge in [0.25, 0.3) is 5.91 Å². The Kier molecular flexibility index (Phi) is 5.80. The molecule has 1 aromatic carbocycles. The maximum Gasteiger partial charge on any atom is 0.251 e. The van der Waals surface area contributed by atoms with Crippen LogP contribution in [0.2, 0.25) is 5.02 Å². The van der Waals surface area contributed by atoms with Crippen LogP contribution in [0.4, 0.5) is 0 Å². The van der Waals surface area contributed by atoms with Crippen LogP contribution in [0, 0.1) is 5.92 Å². The number of aliphatic hydroxyl groups is 1. The van der Waals surface area contributed by atoms with Gasteiger partial charge in [-0.1, -0.05) is 17.7 Å². The summed E-state index contributed by atoms with van der Waals surface area (Å²) >= 11 is 5.84. The molecule has 1 aromatic rings. The van der Waals surface area contributed by atoms with Crippen molar-refractivity contribution in [3.63, 3.8) is 0 Å². The molecular formula is C16H21ClN2O3. The molecule has 0 bridgehead atoms. The lowest BCUT2D eigenvalue weighted by molar-refractivity contribution is -0.132. The molecule has 1 fully saturated rings. The number of nitrogens with one attached hydrogen (secondary N) is 1. The van der Waals surface area contributed by atoms with Crippen LogP contribution in [0.5, 0.6) is 0 Å². The fourth-order valence-electron chi connectivity index (χ4n) is 2.63. The zero-order valence-corrected chi connectivity index (χ0v) is 13.3. The van der Waals surface area contributed by atoms with Crippen LogP contribution < -0.4 is 5.32 Å². The molecule has 2 amide bonds. The van der Waals surface area contributed by atoms with E-state index in [1.165, 1.54) is 0 Å². The number of hydrogen-bond donors (Lipinski definition) is 2. The van der Waals surface area contributed by atoms with Crippen LogP contribution in [-0.4, -0.2) is 47.6 Å². The SMILES string of the molecule is CC(O)C1CCCN(C(=O)CNC(=O)c2cccc(Cl)c2)C1. The monoisotopic (exact) mass is 324 g/mol. The van der Waals surface area contributed by atoms with Gasteiger partial charge >= 0.3 is 0 Å². The van der Waals surface area contributed by atoms with E-state index in [-0.39, 0.29) is 24.3 Å². The molecule has 0 spiro atoms. The number of aliphatic hydroxyl groups excluding tert-OH is 1. The molecular weight excluding hydrogens is 304 g/mol. The summed E-state index contributed by atoms with van der Waals surface area (Å²) in [5.41, 5.74) is 0.431. The van der Waals surface area contributed by atoms with E-state index in [0.717, 1.165) is 12.8 Å². The zero-order valence-electron chi connectivity index (χ0n) is 12.6. The first kappa shape index (κ1) is 16.8. The number of carbonyl (C=O) groups excluding carboxylic acids is 2. The van der Waals surface area contributed by atoms with E-state index in [1.54, 1.807) is 36.1 Å². The van der Waals surface area contributed by atoms with Gasteiger partial charge in [0.05, 0.1) is 12.6 Å². The number of likely N-dealkylation sites (tertiary alicyclic amines) is 1. The highest BCUT2D eigenvalue weighted by atomic mass is 35.5. The number of hydrogen-bond acceptors (Lipinski definition) is 3. The van der Waals surface area contributed by atoms with Gasteiger partial charge in [0.2, 0.25) is 5.91 Å². The summed E-state index contributed by atoms with van der Waals surface area (Å²) in [6, 6.07) is 6.59. The van der Waals surface area contributed by atoms with Crippen molar-refractivity contribution in [3.05, 3.63) is 34.9 Å². The number of carbonyl (C=O) groups is 2. The fraction of sp³-hybridized carbons (Fsp3) is 0.500. The molecule has 2 rings (SSSR count). The molecule has 1 aliphatic rings. The molecule has 120 valence electrons. The van der Waals surface area contributed by atoms with Crippen LogP contribution in [0.1, 0.15) is 30.1 Å². The van der Waals surface area contributed by atoms with E-state index < -0.39 is 6.10 Å². The van der Waals surface area contributed by atoms with E-state index in [0.29, 0.717) is 23.7 Å². The standard InChI is InChI=1S/C16H21ClN2O3/c1-11(20)13-5-3-7-19(10-13)15(21)9-18-16(22)12-4-2-6-14(17)8-12/h2,4,6,8,11,13,20H,3,5,7,9-10H2,1H3,(H,18,22). The molecule has 6 heteroatoms. The fourth-order valence-corrected chi connectivity index (χ4v) is 2.82. The van der Waals surface area contributed by atoms with Crippen molar-refractivity contribution in [2.45, 2.75) is 25.9 Å². The van der Waals surface area contributed by atoms with Crippen LogP contribution >= 0.6 is 11.6 Å². The van der Waals surface area contributed by atoms with E-state index in [1.807, 2.05) is 0 Å². The van der Waals surface area contributed by atoms with Crippen LogP contribution in [0.3, 0.4) is 0 Å². The first-order valence-corrected chi connectivity index (χ1v) is 7.85. The molecule has 22 heavy (non-hydrogen) atoms. The summed E-state index contributed by atoms with van der Waals surface area (Å²) in [6.07, 6.45) is 1.39. The van der Waals surface area contributed by atoms with Crippen molar-refractivity contribution in [1.29, 1.82) is 0 Å². The van der Waals surface area contributed by atoms with Gasteiger partial charge in [0.15, 0.2) is 0 Å². The predicted octanol–water partition coefficient (Wildman–Crippen LogP) is 1.69. The summed E-state index contributed by atoms with van der Waals surface area (Å²) < 4.78 is 0. The third-order valence-corrected chi connectivity index (χ3v) is 4.21. The highest BCUT2D eigenvalue weighted by Gasteiger charge is 2.26. The molecule has 5 nitrogen and oxygen atoms in total. The van der Waals surface area contributed by atoms with Crippen LogP contribution in [-0.2, 0) is 4.79 Å². The minimum absolute atomic E-state index is 0.0438. The average Bonchev–Trinajstić information content (AvgIpc) is 2.52. The third-order valence-electron chi connectivity index (χ3n) is 3.98. The Labute approximate surface area is 135 Å². The Morgan fingerprint density at radius 3 is 2.95 bits per heavy atom. The van der Waals surface area contributed by atoms with Gasteiger partial charge in [0.1, 0.15) is 0 Å². The molecule has 1 saturated heterocycles. The number of halogens is 1. The molecule has 1 heterocycles. The second-order valence-electron chi connectivity index (χ2n) is 5.68. The van der Waals surface area contributed by atoms with Gasteiger partial charge in [-0.25, -0.2) is 0 Å². The average molecular weight is 325 g/mol. The topological polar surface area (TPSA) is 69.6 Å². The van der Waals surface area contributed by atoms with Gasteiger partial charge in [-0.15, -0.1) is 0 Å². The largest absolute Gasteiger partial charge is 0.393 e. The van der Waals surface area contributed by atoms with Crippen molar-refractivity contribution < 1.29 is 14.7 Å². The van der Waals surface area contributed by atoms with Crippen LogP contribution in [0.25, 0.3) is 0 Å². The quantitative estimate of drug-likeness (QED) is 0.885. The lowest BCUT2D eigenvalue weighted by Gasteiger charge is -2.34. The van der Waals surface area contributed by atoms with Crippen molar-refractivity contribution in [2.75, 3.05) is 19.6 Å². The maximum atomic E-state index is 12.2. The minimum atomic E-state index is -0.420. The molecule has 2 N–H and O–H groups in total. The molecule has 0 aliphatic carbocycles. The predicted molar refractivity (Wildman–Crippen MR) is 84.8 cm³/mol. The van der Waals surface area contributed by atoms with Gasteiger partial charge in [-0.3, -0.25) is 9.59 Å². The molecule has 0 aromatic heterocycles. The minimum Gasteiger partial charge on any atom is -0.393 e. The van der Waals surface area contributed by atoms with E-state index in [9.17, 15) is 14.7 Å². The van der Waals surface area contributed by atoms with E-state index >= 15 is 0 Å². The van der Waals surface area contributed by atoms with Crippen molar-refractivity contribution in [3.8, 4) is 0 Å². The lowest BCUT2D eigenvalue weighted by Crippen LogP contribution is -2.46. The zero-order chi connectivity index (χ0) is 16.1. The van der Waals surface area contributed by atoms with E-state index in [2.05, 4.69) is 5.32 Å². The number of benzene rings is 1. The Morgan fingerprint density at radius 1 is 1.50 bits per heavy atom. The Hall–Kier alpha value is -1.59. The summed E-state index contributed by atoms with van der Waals surface area (Å²) in [5, 5.41) is 12.7. The van der Waals surface area contributed by atoms with Gasteiger partial charge in [-0.05, 0) is 38.0 Å². The molecule has 0 saturated carbocycles.